The maximum atomic E-state index is 12.5. The molecule has 2 heterocycles. The molecule has 0 aliphatic carbocycles. The minimum atomic E-state index is -1.07. The molecule has 3 rings (SSSR count). The van der Waals surface area contributed by atoms with Crippen molar-refractivity contribution in [3.8, 4) is 0 Å². The van der Waals surface area contributed by atoms with E-state index in [9.17, 15) is 9.90 Å². The smallest absolute Gasteiger partial charge is 0.306 e. The molecular formula is C28H44O7. The average Bonchev–Trinajstić information content (AvgIpc) is 2.89. The highest BCUT2D eigenvalue weighted by Gasteiger charge is 2.51. The lowest BCUT2D eigenvalue weighted by Gasteiger charge is -2.46. The molecule has 0 spiro atoms. The summed E-state index contributed by atoms with van der Waals surface area (Å²) in [5, 5.41) is 11.0. The van der Waals surface area contributed by atoms with Gasteiger partial charge in [0.1, 0.15) is 18.3 Å². The third kappa shape index (κ3) is 8.83. The topological polar surface area (TPSA) is 83.5 Å². The van der Waals surface area contributed by atoms with Gasteiger partial charge in [-0.05, 0) is 6.42 Å². The van der Waals surface area contributed by atoms with Crippen molar-refractivity contribution in [2.24, 2.45) is 0 Å². The van der Waals surface area contributed by atoms with E-state index in [4.69, 9.17) is 23.7 Å². The normalized spacial score (nSPS) is 28.4. The molecule has 6 atom stereocenters. The van der Waals surface area contributed by atoms with Gasteiger partial charge in [0.15, 0.2) is 18.7 Å². The zero-order valence-electron chi connectivity index (χ0n) is 21.4. The first-order chi connectivity index (χ1) is 17.1. The Bertz CT molecular complexity index is 713. The first kappa shape index (κ1) is 28.1. The molecule has 7 nitrogen and oxygen atoms in total. The first-order valence-electron chi connectivity index (χ1n) is 13.5. The van der Waals surface area contributed by atoms with Gasteiger partial charge in [-0.1, -0.05) is 101 Å². The van der Waals surface area contributed by atoms with E-state index in [0.29, 0.717) is 6.42 Å². The van der Waals surface area contributed by atoms with Crippen molar-refractivity contribution in [3.63, 3.8) is 0 Å². The molecular weight excluding hydrogens is 448 g/mol. The van der Waals surface area contributed by atoms with E-state index < -0.39 is 37.0 Å². The van der Waals surface area contributed by atoms with Crippen LogP contribution in [0.2, 0.25) is 0 Å². The second-order valence-corrected chi connectivity index (χ2v) is 9.69. The Morgan fingerprint density at radius 3 is 2.20 bits per heavy atom. The fourth-order valence-corrected chi connectivity index (χ4v) is 4.81. The number of rotatable bonds is 15. The van der Waals surface area contributed by atoms with Gasteiger partial charge in [-0.25, -0.2) is 0 Å². The van der Waals surface area contributed by atoms with Crippen molar-refractivity contribution in [3.05, 3.63) is 35.9 Å². The molecule has 2 fully saturated rings. The molecule has 1 N–H and O–H groups in total. The Morgan fingerprint density at radius 2 is 1.57 bits per heavy atom. The second-order valence-electron chi connectivity index (χ2n) is 9.69. The number of ether oxygens (including phenoxy) is 5. The number of hydrogen-bond acceptors (Lipinski definition) is 7. The van der Waals surface area contributed by atoms with Gasteiger partial charge >= 0.3 is 5.97 Å². The molecule has 2 saturated heterocycles. The van der Waals surface area contributed by atoms with Crippen LogP contribution in [0.25, 0.3) is 0 Å². The van der Waals surface area contributed by atoms with E-state index in [0.717, 1.165) is 24.8 Å². The minimum Gasteiger partial charge on any atom is -0.454 e. The second kappa shape index (κ2) is 15.6. The van der Waals surface area contributed by atoms with Crippen LogP contribution in [-0.2, 0) is 28.5 Å². The molecule has 7 heteroatoms. The van der Waals surface area contributed by atoms with Gasteiger partial charge in [-0.2, -0.15) is 0 Å². The van der Waals surface area contributed by atoms with Crippen molar-refractivity contribution in [2.45, 2.75) is 121 Å². The van der Waals surface area contributed by atoms with Crippen LogP contribution in [0.5, 0.6) is 0 Å². The Morgan fingerprint density at radius 1 is 0.943 bits per heavy atom. The summed E-state index contributed by atoms with van der Waals surface area (Å²) in [6, 6.07) is 9.54. The van der Waals surface area contributed by atoms with E-state index in [2.05, 4.69) is 6.92 Å². The number of hydrogen-bond donors (Lipinski definition) is 1. The lowest BCUT2D eigenvalue weighted by molar-refractivity contribution is -0.358. The van der Waals surface area contributed by atoms with Gasteiger partial charge in [0, 0.05) is 19.1 Å². The summed E-state index contributed by atoms with van der Waals surface area (Å²) in [6.07, 6.45) is 9.05. The number of aliphatic hydroxyl groups is 1. The molecule has 2 aliphatic rings. The lowest BCUT2D eigenvalue weighted by atomic mass is 9.97. The summed E-state index contributed by atoms with van der Waals surface area (Å²) < 4.78 is 28.7. The van der Waals surface area contributed by atoms with Gasteiger partial charge in [-0.3, -0.25) is 4.79 Å². The molecule has 2 aliphatic heterocycles. The molecule has 0 radical (unpaired) electrons. The quantitative estimate of drug-likeness (QED) is 0.258. The molecule has 0 saturated carbocycles. The van der Waals surface area contributed by atoms with Gasteiger partial charge in [0.2, 0.25) is 0 Å². The standard InChI is InChI=1S/C28H44O7/c1-3-4-5-6-7-8-9-10-11-12-16-19-23(29)34-26-24(30)25-22(33-28(26)31-2)20-32-27(35-25)21-17-14-13-15-18-21/h13-15,17-18,22,24-28,30H,3-12,16,19-20H2,1-2H3/t22-,24+,25-,26-,27-,28-/m1/s1. The van der Waals surface area contributed by atoms with E-state index in [-0.39, 0.29) is 12.6 Å². The maximum Gasteiger partial charge on any atom is 0.306 e. The van der Waals surface area contributed by atoms with Crippen molar-refractivity contribution in [1.29, 1.82) is 0 Å². The fraction of sp³-hybridized carbons (Fsp3) is 0.750. The largest absolute Gasteiger partial charge is 0.454 e. The molecule has 0 bridgehead atoms. The predicted molar refractivity (Wildman–Crippen MR) is 133 cm³/mol. The molecule has 1 aromatic rings. The molecule has 0 aromatic heterocycles. The Labute approximate surface area is 210 Å². The van der Waals surface area contributed by atoms with Crippen molar-refractivity contribution >= 4 is 5.97 Å². The van der Waals surface area contributed by atoms with E-state index >= 15 is 0 Å². The highest BCUT2D eigenvalue weighted by Crippen LogP contribution is 2.35. The zero-order valence-corrected chi connectivity index (χ0v) is 21.4. The molecule has 0 unspecified atom stereocenters. The van der Waals surface area contributed by atoms with E-state index in [1.807, 2.05) is 30.3 Å². The lowest BCUT2D eigenvalue weighted by Crippen LogP contribution is -2.63. The summed E-state index contributed by atoms with van der Waals surface area (Å²) in [6.45, 7) is 2.49. The molecule has 35 heavy (non-hydrogen) atoms. The summed E-state index contributed by atoms with van der Waals surface area (Å²) in [7, 11) is 1.47. The maximum absolute atomic E-state index is 12.5. The number of esters is 1. The third-order valence-corrected chi connectivity index (χ3v) is 6.87. The summed E-state index contributed by atoms with van der Waals surface area (Å²) in [5.74, 6) is -0.347. The Hall–Kier alpha value is -1.51. The number of carbonyl (C=O) groups is 1. The summed E-state index contributed by atoms with van der Waals surface area (Å²) in [5.41, 5.74) is 0.858. The number of benzene rings is 1. The van der Waals surface area contributed by atoms with Crippen LogP contribution in [0.15, 0.2) is 30.3 Å². The van der Waals surface area contributed by atoms with E-state index in [1.54, 1.807) is 0 Å². The molecule has 1 aromatic carbocycles. The number of unbranched alkanes of at least 4 members (excludes halogenated alkanes) is 10. The highest BCUT2D eigenvalue weighted by molar-refractivity contribution is 5.69. The van der Waals surface area contributed by atoms with Gasteiger partial charge in [0.05, 0.1) is 6.61 Å². The summed E-state index contributed by atoms with van der Waals surface area (Å²) in [4.78, 5) is 12.5. The van der Waals surface area contributed by atoms with Gasteiger partial charge < -0.3 is 28.8 Å². The first-order valence-corrected chi connectivity index (χ1v) is 13.5. The molecule has 198 valence electrons. The number of carbonyl (C=O) groups excluding carboxylic acids is 1. The van der Waals surface area contributed by atoms with Crippen LogP contribution in [0, 0.1) is 0 Å². The zero-order chi connectivity index (χ0) is 24.9. The van der Waals surface area contributed by atoms with Crippen molar-refractivity contribution in [1.82, 2.24) is 0 Å². The van der Waals surface area contributed by atoms with Gasteiger partial charge in [-0.15, -0.1) is 0 Å². The molecule has 0 amide bonds. The van der Waals surface area contributed by atoms with Crippen LogP contribution in [0.4, 0.5) is 0 Å². The van der Waals surface area contributed by atoms with Gasteiger partial charge in [0.25, 0.3) is 0 Å². The monoisotopic (exact) mass is 492 g/mol. The number of methoxy groups -OCH3 is 1. The number of aliphatic hydroxyl groups excluding tert-OH is 1. The Kier molecular flexibility index (Phi) is 12.5. The minimum absolute atomic E-state index is 0.251. The highest BCUT2D eigenvalue weighted by atomic mass is 16.8. The van der Waals surface area contributed by atoms with E-state index in [1.165, 1.54) is 58.5 Å². The SMILES string of the molecule is CCCCCCCCCCCCCC(=O)O[C@H]1[C@H](OC)O[C@@H]2CO[C@@H](c3ccccc3)O[C@H]2[C@@H]1O. The van der Waals surface area contributed by atoms with Crippen molar-refractivity contribution < 1.29 is 33.6 Å². The Balaban J connectivity index is 1.37. The van der Waals surface area contributed by atoms with Crippen LogP contribution < -0.4 is 0 Å². The third-order valence-electron chi connectivity index (χ3n) is 6.87. The van der Waals surface area contributed by atoms with Crippen LogP contribution >= 0.6 is 0 Å². The summed E-state index contributed by atoms with van der Waals surface area (Å²) >= 11 is 0. The average molecular weight is 493 g/mol. The predicted octanol–water partition coefficient (Wildman–Crippen LogP) is 5.45. The fourth-order valence-electron chi connectivity index (χ4n) is 4.81. The van der Waals surface area contributed by atoms with Crippen LogP contribution in [0.3, 0.4) is 0 Å². The number of fused-ring (bicyclic) bond motifs is 1. The van der Waals surface area contributed by atoms with Crippen LogP contribution in [0.1, 0.15) is 95.8 Å². The van der Waals surface area contributed by atoms with Crippen LogP contribution in [-0.4, -0.2) is 55.5 Å². The van der Waals surface area contributed by atoms with Crippen molar-refractivity contribution in [2.75, 3.05) is 13.7 Å².